The van der Waals surface area contributed by atoms with Crippen molar-refractivity contribution in [2.45, 2.75) is 37.7 Å². The summed E-state index contributed by atoms with van der Waals surface area (Å²) < 4.78 is 5.69. The fraction of sp³-hybridized carbons (Fsp3) is 1.00. The normalized spacial score (nSPS) is 29.5. The van der Waals surface area contributed by atoms with Gasteiger partial charge in [0.1, 0.15) is 0 Å². The minimum atomic E-state index is 0.0677. The van der Waals surface area contributed by atoms with Gasteiger partial charge in [-0.05, 0) is 37.5 Å². The first-order valence-corrected chi connectivity index (χ1v) is 5.08. The van der Waals surface area contributed by atoms with Gasteiger partial charge >= 0.3 is 0 Å². The summed E-state index contributed by atoms with van der Waals surface area (Å²) in [6, 6.07) is 0. The van der Waals surface area contributed by atoms with E-state index >= 15 is 0 Å². The van der Waals surface area contributed by atoms with Crippen LogP contribution in [0, 0.1) is 11.8 Å². The van der Waals surface area contributed by atoms with Crippen LogP contribution in [0.15, 0.2) is 0 Å². The van der Waals surface area contributed by atoms with E-state index in [0.29, 0.717) is 0 Å². The predicted octanol–water partition coefficient (Wildman–Crippen LogP) is 1.54. The highest BCUT2D eigenvalue weighted by Crippen LogP contribution is 2.50. The van der Waals surface area contributed by atoms with Crippen LogP contribution >= 0.6 is 0 Å². The SMILES string of the molecule is COC(CN)(C1CCC1)C1CC1. The zero-order chi connectivity index (χ0) is 8.60. The first-order valence-electron chi connectivity index (χ1n) is 5.08. The van der Waals surface area contributed by atoms with Crippen molar-refractivity contribution in [3.63, 3.8) is 0 Å². The van der Waals surface area contributed by atoms with Gasteiger partial charge in [0.2, 0.25) is 0 Å². The third-order valence-corrected chi connectivity index (χ3v) is 3.76. The maximum Gasteiger partial charge on any atom is 0.0856 e. The molecule has 2 rings (SSSR count). The molecule has 0 bridgehead atoms. The molecule has 2 aliphatic carbocycles. The molecule has 2 nitrogen and oxygen atoms in total. The Balaban J connectivity index is 2.06. The second-order valence-electron chi connectivity index (χ2n) is 4.27. The molecular formula is C10H19NO. The largest absolute Gasteiger partial charge is 0.376 e. The fourth-order valence-corrected chi connectivity index (χ4v) is 2.55. The summed E-state index contributed by atoms with van der Waals surface area (Å²) in [6.07, 6.45) is 6.72. The smallest absolute Gasteiger partial charge is 0.0856 e. The molecule has 70 valence electrons. The van der Waals surface area contributed by atoms with Crippen LogP contribution in [0.3, 0.4) is 0 Å². The van der Waals surface area contributed by atoms with Gasteiger partial charge in [-0.2, -0.15) is 0 Å². The monoisotopic (exact) mass is 169 g/mol. The summed E-state index contributed by atoms with van der Waals surface area (Å²) in [4.78, 5) is 0. The standard InChI is InChI=1S/C10H19NO/c1-12-10(7-11,9-5-6-9)8-3-2-4-8/h8-9H,2-7,11H2,1H3. The highest BCUT2D eigenvalue weighted by atomic mass is 16.5. The molecule has 0 radical (unpaired) electrons. The molecule has 0 aliphatic heterocycles. The van der Waals surface area contributed by atoms with Crippen molar-refractivity contribution in [3.05, 3.63) is 0 Å². The Morgan fingerprint density at radius 3 is 2.08 bits per heavy atom. The number of hydrogen-bond acceptors (Lipinski definition) is 2. The zero-order valence-corrected chi connectivity index (χ0v) is 7.88. The van der Waals surface area contributed by atoms with Crippen LogP contribution < -0.4 is 5.73 Å². The number of nitrogens with two attached hydrogens (primary N) is 1. The molecule has 2 N–H and O–H groups in total. The molecule has 0 spiro atoms. The lowest BCUT2D eigenvalue weighted by atomic mass is 9.70. The number of ether oxygens (including phenoxy) is 1. The van der Waals surface area contributed by atoms with Gasteiger partial charge in [0, 0.05) is 13.7 Å². The fourth-order valence-electron chi connectivity index (χ4n) is 2.55. The minimum Gasteiger partial charge on any atom is -0.376 e. The Morgan fingerprint density at radius 2 is 1.83 bits per heavy atom. The maximum absolute atomic E-state index is 5.84. The number of methoxy groups -OCH3 is 1. The Morgan fingerprint density at radius 1 is 1.25 bits per heavy atom. The van der Waals surface area contributed by atoms with Gasteiger partial charge in [-0.1, -0.05) is 6.42 Å². The average molecular weight is 169 g/mol. The Bertz CT molecular complexity index is 157. The van der Waals surface area contributed by atoms with Crippen molar-refractivity contribution in [1.82, 2.24) is 0 Å². The number of hydrogen-bond donors (Lipinski definition) is 1. The first-order chi connectivity index (χ1) is 5.83. The van der Waals surface area contributed by atoms with E-state index in [1.54, 1.807) is 0 Å². The summed E-state index contributed by atoms with van der Waals surface area (Å²) in [5, 5.41) is 0. The van der Waals surface area contributed by atoms with E-state index in [0.717, 1.165) is 18.4 Å². The molecular weight excluding hydrogens is 150 g/mol. The quantitative estimate of drug-likeness (QED) is 0.693. The lowest BCUT2D eigenvalue weighted by molar-refractivity contribution is -0.0932. The van der Waals surface area contributed by atoms with E-state index < -0.39 is 0 Å². The molecule has 0 aromatic heterocycles. The van der Waals surface area contributed by atoms with Gasteiger partial charge < -0.3 is 10.5 Å². The average Bonchev–Trinajstić information content (AvgIpc) is 2.79. The summed E-state index contributed by atoms with van der Waals surface area (Å²) in [5.74, 6) is 1.54. The first kappa shape index (κ1) is 8.52. The third-order valence-electron chi connectivity index (χ3n) is 3.76. The second kappa shape index (κ2) is 3.00. The van der Waals surface area contributed by atoms with Crippen LogP contribution in [0.4, 0.5) is 0 Å². The van der Waals surface area contributed by atoms with Crippen LogP contribution in [0.2, 0.25) is 0 Å². The Hall–Kier alpha value is -0.0800. The van der Waals surface area contributed by atoms with Gasteiger partial charge in [0.25, 0.3) is 0 Å². The number of rotatable bonds is 4. The lowest BCUT2D eigenvalue weighted by Gasteiger charge is -2.44. The van der Waals surface area contributed by atoms with Gasteiger partial charge in [0.05, 0.1) is 5.60 Å². The highest BCUT2D eigenvalue weighted by Gasteiger charge is 2.51. The van der Waals surface area contributed by atoms with E-state index in [2.05, 4.69) is 0 Å². The van der Waals surface area contributed by atoms with Crippen molar-refractivity contribution < 1.29 is 4.74 Å². The van der Waals surface area contributed by atoms with E-state index in [4.69, 9.17) is 10.5 Å². The second-order valence-corrected chi connectivity index (χ2v) is 4.27. The summed E-state index contributed by atoms with van der Waals surface area (Å²) in [5.41, 5.74) is 5.91. The van der Waals surface area contributed by atoms with Crippen LogP contribution in [0.5, 0.6) is 0 Å². The summed E-state index contributed by atoms with van der Waals surface area (Å²) in [6.45, 7) is 0.721. The van der Waals surface area contributed by atoms with Gasteiger partial charge in [-0.3, -0.25) is 0 Å². The van der Waals surface area contributed by atoms with Gasteiger partial charge in [-0.25, -0.2) is 0 Å². The molecule has 0 aromatic carbocycles. The van der Waals surface area contributed by atoms with Crippen molar-refractivity contribution in [1.29, 1.82) is 0 Å². The van der Waals surface area contributed by atoms with Crippen LogP contribution in [-0.2, 0) is 4.74 Å². The van der Waals surface area contributed by atoms with Crippen LogP contribution in [-0.4, -0.2) is 19.3 Å². The van der Waals surface area contributed by atoms with Crippen molar-refractivity contribution in [2.75, 3.05) is 13.7 Å². The van der Waals surface area contributed by atoms with E-state index in [1.807, 2.05) is 7.11 Å². The van der Waals surface area contributed by atoms with Gasteiger partial charge in [0.15, 0.2) is 0 Å². The topological polar surface area (TPSA) is 35.2 Å². The summed E-state index contributed by atoms with van der Waals surface area (Å²) >= 11 is 0. The molecule has 0 amide bonds. The van der Waals surface area contributed by atoms with Crippen LogP contribution in [0.25, 0.3) is 0 Å². The van der Waals surface area contributed by atoms with Crippen LogP contribution in [0.1, 0.15) is 32.1 Å². The lowest BCUT2D eigenvalue weighted by Crippen LogP contribution is -2.51. The zero-order valence-electron chi connectivity index (χ0n) is 7.88. The predicted molar refractivity (Wildman–Crippen MR) is 48.9 cm³/mol. The Labute approximate surface area is 74.5 Å². The molecule has 12 heavy (non-hydrogen) atoms. The molecule has 2 saturated carbocycles. The molecule has 0 saturated heterocycles. The van der Waals surface area contributed by atoms with Crippen molar-refractivity contribution in [3.8, 4) is 0 Å². The molecule has 2 aliphatic rings. The van der Waals surface area contributed by atoms with Gasteiger partial charge in [-0.15, -0.1) is 0 Å². The van der Waals surface area contributed by atoms with E-state index in [1.165, 1.54) is 32.1 Å². The third kappa shape index (κ3) is 1.09. The molecule has 0 heterocycles. The van der Waals surface area contributed by atoms with Crippen molar-refractivity contribution >= 4 is 0 Å². The molecule has 1 atom stereocenters. The van der Waals surface area contributed by atoms with E-state index in [9.17, 15) is 0 Å². The van der Waals surface area contributed by atoms with E-state index in [-0.39, 0.29) is 5.60 Å². The highest BCUT2D eigenvalue weighted by molar-refractivity contribution is 5.03. The Kier molecular flexibility index (Phi) is 2.13. The summed E-state index contributed by atoms with van der Waals surface area (Å²) in [7, 11) is 1.84. The molecule has 2 fully saturated rings. The maximum atomic E-state index is 5.84. The molecule has 2 heteroatoms. The van der Waals surface area contributed by atoms with Crippen molar-refractivity contribution in [2.24, 2.45) is 17.6 Å². The molecule has 1 unspecified atom stereocenters. The molecule has 0 aromatic rings. The minimum absolute atomic E-state index is 0.0677.